The number of ketones is 1. The van der Waals surface area contributed by atoms with Gasteiger partial charge in [-0.2, -0.15) is 0 Å². The lowest BCUT2D eigenvalue weighted by Gasteiger charge is -2.27. The van der Waals surface area contributed by atoms with Gasteiger partial charge in [-0.05, 0) is 42.2 Å². The van der Waals surface area contributed by atoms with E-state index >= 15 is 0 Å². The number of carbonyl (C=O) groups is 2. The fraction of sp³-hybridized carbons (Fsp3) is 0.400. The Bertz CT molecular complexity index is 985. The van der Waals surface area contributed by atoms with Crippen LogP contribution in [0.1, 0.15) is 48.0 Å². The monoisotopic (exact) mass is 405 g/mol. The van der Waals surface area contributed by atoms with Gasteiger partial charge in [-0.25, -0.2) is 8.42 Å². The molecule has 0 fully saturated rings. The highest BCUT2D eigenvalue weighted by atomic mass is 32.2. The molecule has 1 heterocycles. The Kier molecular flexibility index (Phi) is 5.27. The Morgan fingerprint density at radius 2 is 1.89 bits per heavy atom. The summed E-state index contributed by atoms with van der Waals surface area (Å²) in [4.78, 5) is 25.9. The Morgan fingerprint density at radius 3 is 2.52 bits per heavy atom. The van der Waals surface area contributed by atoms with E-state index in [-0.39, 0.29) is 34.2 Å². The van der Waals surface area contributed by atoms with Crippen molar-refractivity contribution in [2.75, 3.05) is 11.1 Å². The lowest BCUT2D eigenvalue weighted by molar-refractivity contribution is -0.115. The number of aryl methyl sites for hydroxylation is 1. The van der Waals surface area contributed by atoms with Crippen molar-refractivity contribution in [3.8, 4) is 0 Å². The van der Waals surface area contributed by atoms with Crippen LogP contribution in [0.3, 0.4) is 0 Å². The number of hydrogen-bond donors (Lipinski definition) is 1. The van der Waals surface area contributed by atoms with Gasteiger partial charge in [0.15, 0.2) is 15.6 Å². The number of anilines is 1. The maximum absolute atomic E-state index is 12.5. The molecule has 0 bridgehead atoms. The average Bonchev–Trinajstić information content (AvgIpc) is 3.02. The third-order valence-corrected chi connectivity index (χ3v) is 7.78. The third-order valence-electron chi connectivity index (χ3n) is 4.94. The minimum atomic E-state index is -3.24. The van der Waals surface area contributed by atoms with Crippen molar-refractivity contribution < 1.29 is 18.0 Å². The number of hydrogen-bond acceptors (Lipinski definition) is 5. The first-order valence-electron chi connectivity index (χ1n) is 8.91. The number of nitrogens with one attached hydrogen (secondary N) is 1. The van der Waals surface area contributed by atoms with E-state index in [0.717, 1.165) is 28.8 Å². The summed E-state index contributed by atoms with van der Waals surface area (Å²) in [6, 6.07) is 8.28. The van der Waals surface area contributed by atoms with Crippen LogP contribution in [0.2, 0.25) is 0 Å². The van der Waals surface area contributed by atoms with Crippen LogP contribution in [0.25, 0.3) is 0 Å². The Balaban J connectivity index is 1.68. The van der Waals surface area contributed by atoms with E-state index in [1.807, 2.05) is 19.9 Å². The molecule has 27 heavy (non-hydrogen) atoms. The minimum Gasteiger partial charge on any atom is -0.317 e. The normalized spacial score (nSPS) is 16.0. The lowest BCUT2D eigenvalue weighted by atomic mass is 9.77. The lowest BCUT2D eigenvalue weighted by Crippen LogP contribution is -2.28. The summed E-state index contributed by atoms with van der Waals surface area (Å²) in [7, 11) is -3.24. The van der Waals surface area contributed by atoms with Crippen molar-refractivity contribution >= 4 is 37.9 Å². The maximum atomic E-state index is 12.5. The molecule has 1 amide bonds. The van der Waals surface area contributed by atoms with E-state index in [1.165, 1.54) is 23.5 Å². The molecule has 1 N–H and O–H groups in total. The van der Waals surface area contributed by atoms with Crippen molar-refractivity contribution in [1.82, 2.24) is 0 Å². The van der Waals surface area contributed by atoms with Crippen molar-refractivity contribution in [2.45, 2.75) is 44.9 Å². The molecule has 3 rings (SSSR count). The summed E-state index contributed by atoms with van der Waals surface area (Å²) in [6.07, 6.45) is 1.80. The molecule has 1 aromatic heterocycles. The molecule has 0 spiro atoms. The van der Waals surface area contributed by atoms with Crippen LogP contribution in [0, 0.1) is 5.41 Å². The van der Waals surface area contributed by atoms with Crippen molar-refractivity contribution in [3.05, 3.63) is 46.3 Å². The van der Waals surface area contributed by atoms with Crippen LogP contribution in [0.15, 0.2) is 35.2 Å². The van der Waals surface area contributed by atoms with Gasteiger partial charge in [0.25, 0.3) is 0 Å². The number of sulfone groups is 1. The fourth-order valence-corrected chi connectivity index (χ4v) is 5.22. The number of thiophene rings is 1. The number of carbonyl (C=O) groups excluding carboxylic acids is 2. The molecular formula is C20H23NO4S2. The van der Waals surface area contributed by atoms with Gasteiger partial charge in [-0.3, -0.25) is 9.59 Å². The van der Waals surface area contributed by atoms with E-state index in [2.05, 4.69) is 5.32 Å². The molecule has 0 saturated heterocycles. The predicted octanol–water partition coefficient (Wildman–Crippen LogP) is 3.88. The van der Waals surface area contributed by atoms with Crippen LogP contribution < -0.4 is 5.32 Å². The Labute approximate surface area is 163 Å². The zero-order chi connectivity index (χ0) is 19.8. The van der Waals surface area contributed by atoms with Gasteiger partial charge in [0, 0.05) is 5.41 Å². The molecule has 0 radical (unpaired) electrons. The third kappa shape index (κ3) is 4.14. The molecule has 5 nitrogen and oxygen atoms in total. The summed E-state index contributed by atoms with van der Waals surface area (Å²) in [6.45, 7) is 5.51. The van der Waals surface area contributed by atoms with E-state index in [4.69, 9.17) is 0 Å². The molecule has 7 heteroatoms. The molecule has 0 atom stereocenters. The number of amides is 1. The maximum Gasteiger partial charge on any atom is 0.229 e. The molecule has 0 saturated carbocycles. The van der Waals surface area contributed by atoms with Crippen LogP contribution in [0.4, 0.5) is 5.00 Å². The number of fused-ring (bicyclic) bond motifs is 1. The largest absolute Gasteiger partial charge is 0.317 e. The molecule has 0 unspecified atom stereocenters. The van der Waals surface area contributed by atoms with Crippen LogP contribution in [-0.4, -0.2) is 25.9 Å². The summed E-state index contributed by atoms with van der Waals surface area (Å²) in [5.74, 6) is -0.000773. The molecule has 1 aliphatic carbocycles. The van der Waals surface area contributed by atoms with E-state index in [0.29, 0.717) is 5.00 Å². The van der Waals surface area contributed by atoms with Crippen molar-refractivity contribution in [3.63, 3.8) is 0 Å². The van der Waals surface area contributed by atoms with E-state index in [9.17, 15) is 18.0 Å². The van der Waals surface area contributed by atoms with Crippen LogP contribution in [-0.2, 0) is 27.5 Å². The summed E-state index contributed by atoms with van der Waals surface area (Å²) < 4.78 is 23.7. The van der Waals surface area contributed by atoms with Crippen molar-refractivity contribution in [1.29, 1.82) is 0 Å². The smallest absolute Gasteiger partial charge is 0.229 e. The first kappa shape index (κ1) is 19.8. The first-order chi connectivity index (χ1) is 12.6. The molecular weight excluding hydrogens is 382 g/mol. The zero-order valence-corrected chi connectivity index (χ0v) is 17.3. The fourth-order valence-electron chi connectivity index (χ4n) is 3.08. The van der Waals surface area contributed by atoms with Gasteiger partial charge in [0.1, 0.15) is 0 Å². The van der Waals surface area contributed by atoms with Crippen LogP contribution >= 0.6 is 11.3 Å². The SMILES string of the molecule is CCS(=O)(=O)c1ccc(CC(=O)Nc2cc3c(s2)C(=O)C(C)(C)CC3)cc1. The molecule has 0 aliphatic heterocycles. The highest BCUT2D eigenvalue weighted by Gasteiger charge is 2.35. The quantitative estimate of drug-likeness (QED) is 0.819. The highest BCUT2D eigenvalue weighted by Crippen LogP contribution is 2.40. The first-order valence-corrected chi connectivity index (χ1v) is 11.4. The zero-order valence-electron chi connectivity index (χ0n) is 15.7. The van der Waals surface area contributed by atoms with Crippen LogP contribution in [0.5, 0.6) is 0 Å². The molecule has 144 valence electrons. The molecule has 1 aliphatic rings. The average molecular weight is 406 g/mol. The Morgan fingerprint density at radius 1 is 1.22 bits per heavy atom. The standard InChI is InChI=1S/C20H23NO4S2/c1-4-27(24,25)15-7-5-13(6-8-15)11-16(22)21-17-12-14-9-10-20(2,3)19(23)18(14)26-17/h5-8,12H,4,9-11H2,1-3H3,(H,21,22). The summed E-state index contributed by atoms with van der Waals surface area (Å²) in [5.41, 5.74) is 1.40. The summed E-state index contributed by atoms with van der Waals surface area (Å²) >= 11 is 1.33. The summed E-state index contributed by atoms with van der Waals surface area (Å²) in [5, 5.41) is 3.54. The van der Waals surface area contributed by atoms with Crippen molar-refractivity contribution in [2.24, 2.45) is 5.41 Å². The molecule has 2 aromatic rings. The number of Topliss-reactive ketones (excluding diaryl/α,β-unsaturated/α-hetero) is 1. The predicted molar refractivity (Wildman–Crippen MR) is 107 cm³/mol. The second-order valence-corrected chi connectivity index (χ2v) is 10.8. The topological polar surface area (TPSA) is 80.3 Å². The van der Waals surface area contributed by atoms with E-state index in [1.54, 1.807) is 19.1 Å². The van der Waals surface area contributed by atoms with Gasteiger partial charge in [-0.15, -0.1) is 11.3 Å². The Hall–Kier alpha value is -1.99. The van der Waals surface area contributed by atoms with Gasteiger partial charge < -0.3 is 5.32 Å². The van der Waals surface area contributed by atoms with Gasteiger partial charge >= 0.3 is 0 Å². The van der Waals surface area contributed by atoms with Gasteiger partial charge in [0.2, 0.25) is 5.91 Å². The highest BCUT2D eigenvalue weighted by molar-refractivity contribution is 7.91. The van der Waals surface area contributed by atoms with E-state index < -0.39 is 9.84 Å². The molecule has 1 aromatic carbocycles. The second kappa shape index (κ2) is 7.20. The van der Waals surface area contributed by atoms with Gasteiger partial charge in [-0.1, -0.05) is 32.9 Å². The number of benzene rings is 1. The number of rotatable bonds is 5. The van der Waals surface area contributed by atoms with Gasteiger partial charge in [0.05, 0.1) is 26.9 Å². The second-order valence-electron chi connectivity index (χ2n) is 7.45. The minimum absolute atomic E-state index is 0.0470.